The maximum atomic E-state index is 12.9. The molecule has 6 nitrogen and oxygen atoms in total. The number of allylic oxidation sites excluding steroid dienone is 18. The molecule has 452 valence electrons. The third-order valence-corrected chi connectivity index (χ3v) is 14.3. The number of esters is 3. The van der Waals surface area contributed by atoms with Crippen molar-refractivity contribution in [3.05, 3.63) is 109 Å². The van der Waals surface area contributed by atoms with Gasteiger partial charge in [0.05, 0.1) is 0 Å². The van der Waals surface area contributed by atoms with Gasteiger partial charge < -0.3 is 14.2 Å². The fourth-order valence-corrected chi connectivity index (χ4v) is 9.35. The zero-order chi connectivity index (χ0) is 57.1. The Bertz CT molecular complexity index is 1590. The monoisotopic (exact) mass is 1100 g/mol. The van der Waals surface area contributed by atoms with E-state index in [1.54, 1.807) is 0 Å². The van der Waals surface area contributed by atoms with Crippen molar-refractivity contribution in [1.82, 2.24) is 0 Å². The highest BCUT2D eigenvalue weighted by molar-refractivity contribution is 5.71. The Morgan fingerprint density at radius 3 is 0.772 bits per heavy atom. The number of hydrogen-bond acceptors (Lipinski definition) is 6. The Labute approximate surface area is 489 Å². The van der Waals surface area contributed by atoms with Crippen LogP contribution in [0, 0.1) is 0 Å². The second kappa shape index (κ2) is 66.6. The minimum Gasteiger partial charge on any atom is -0.462 e. The van der Waals surface area contributed by atoms with E-state index in [-0.39, 0.29) is 31.1 Å². The fraction of sp³-hybridized carbons (Fsp3) is 0.712. The summed E-state index contributed by atoms with van der Waals surface area (Å²) in [6.07, 6.45) is 90.9. The van der Waals surface area contributed by atoms with Gasteiger partial charge in [-0.25, -0.2) is 0 Å². The molecule has 0 aromatic rings. The first-order chi connectivity index (χ1) is 39.0. The van der Waals surface area contributed by atoms with Gasteiger partial charge in [-0.2, -0.15) is 0 Å². The van der Waals surface area contributed by atoms with E-state index in [1.807, 2.05) is 0 Å². The van der Waals surface area contributed by atoms with Crippen LogP contribution < -0.4 is 0 Å². The summed E-state index contributed by atoms with van der Waals surface area (Å²) in [5.74, 6) is -0.892. The van der Waals surface area contributed by atoms with E-state index in [1.165, 1.54) is 141 Å². The first kappa shape index (κ1) is 75.1. The molecule has 0 fully saturated rings. The number of unbranched alkanes of at least 4 members (excludes halogenated alkanes) is 31. The molecule has 79 heavy (non-hydrogen) atoms. The molecule has 0 amide bonds. The van der Waals surface area contributed by atoms with Crippen LogP contribution in [0.2, 0.25) is 0 Å². The molecular formula is C73H124O6. The van der Waals surface area contributed by atoms with E-state index in [0.717, 1.165) is 135 Å². The summed E-state index contributed by atoms with van der Waals surface area (Å²) in [5.41, 5.74) is 0. The van der Waals surface area contributed by atoms with E-state index in [4.69, 9.17) is 14.2 Å². The quantitative estimate of drug-likeness (QED) is 0.0261. The van der Waals surface area contributed by atoms with E-state index in [0.29, 0.717) is 19.3 Å². The predicted octanol–water partition coefficient (Wildman–Crippen LogP) is 23.0. The van der Waals surface area contributed by atoms with Crippen LogP contribution >= 0.6 is 0 Å². The Hall–Kier alpha value is -3.93. The standard InChI is InChI=1S/C73H124O6/c1-4-7-10-13-16-19-22-25-28-31-33-34-35-36-37-38-40-42-45-48-51-54-57-60-63-66-72(75)78-69-70(68-77-71(74)65-62-59-56-53-50-47-44-41-30-27-24-21-18-15-12-9-6-3)79-73(76)67-64-61-58-55-52-49-46-43-39-32-29-26-23-20-17-14-11-8-5-2/h7-8,10-11,16-17,19-20,25-26,28-29,33-34,36-37,39,43,70H,4-6,9,12-15,18,21-24,27,30-32,35,38,40-42,44-69H2,1-3H3/b10-7-,11-8-,19-16-,20-17-,28-25-,29-26-,34-33-,37-36-,43-39-. The third-order valence-electron chi connectivity index (χ3n) is 14.3. The van der Waals surface area contributed by atoms with Crippen molar-refractivity contribution in [1.29, 1.82) is 0 Å². The zero-order valence-corrected chi connectivity index (χ0v) is 51.9. The summed E-state index contributed by atoms with van der Waals surface area (Å²) in [7, 11) is 0. The topological polar surface area (TPSA) is 78.9 Å². The van der Waals surface area contributed by atoms with Gasteiger partial charge in [0.1, 0.15) is 13.2 Å². The minimum absolute atomic E-state index is 0.0839. The highest BCUT2D eigenvalue weighted by Gasteiger charge is 2.19. The van der Waals surface area contributed by atoms with Crippen LogP contribution in [0.5, 0.6) is 0 Å². The van der Waals surface area contributed by atoms with Gasteiger partial charge in [0.15, 0.2) is 6.10 Å². The largest absolute Gasteiger partial charge is 0.462 e. The molecule has 0 bridgehead atoms. The molecule has 0 aromatic carbocycles. The van der Waals surface area contributed by atoms with Crippen LogP contribution in [0.25, 0.3) is 0 Å². The van der Waals surface area contributed by atoms with Gasteiger partial charge in [-0.1, -0.05) is 304 Å². The number of rotatable bonds is 60. The van der Waals surface area contributed by atoms with Crippen LogP contribution in [0.1, 0.15) is 316 Å². The second-order valence-corrected chi connectivity index (χ2v) is 22.0. The van der Waals surface area contributed by atoms with Gasteiger partial charge in [-0.15, -0.1) is 0 Å². The molecule has 0 rings (SSSR count). The van der Waals surface area contributed by atoms with Crippen molar-refractivity contribution < 1.29 is 28.6 Å². The minimum atomic E-state index is -0.790. The first-order valence-electron chi connectivity index (χ1n) is 33.4. The van der Waals surface area contributed by atoms with Crippen LogP contribution in [-0.4, -0.2) is 37.2 Å². The van der Waals surface area contributed by atoms with Gasteiger partial charge in [0.2, 0.25) is 0 Å². The maximum absolute atomic E-state index is 12.9. The molecule has 6 heteroatoms. The Morgan fingerprint density at radius 2 is 0.494 bits per heavy atom. The smallest absolute Gasteiger partial charge is 0.306 e. The average Bonchev–Trinajstić information content (AvgIpc) is 3.45. The number of hydrogen-bond donors (Lipinski definition) is 0. The van der Waals surface area contributed by atoms with Gasteiger partial charge in [-0.05, 0) is 103 Å². The van der Waals surface area contributed by atoms with Gasteiger partial charge in [0.25, 0.3) is 0 Å². The van der Waals surface area contributed by atoms with Crippen molar-refractivity contribution in [3.63, 3.8) is 0 Å². The molecule has 0 saturated carbocycles. The van der Waals surface area contributed by atoms with E-state index < -0.39 is 6.10 Å². The van der Waals surface area contributed by atoms with Gasteiger partial charge in [0, 0.05) is 19.3 Å². The van der Waals surface area contributed by atoms with E-state index in [2.05, 4.69) is 130 Å². The molecule has 0 spiro atoms. The van der Waals surface area contributed by atoms with Crippen molar-refractivity contribution in [2.24, 2.45) is 0 Å². The third kappa shape index (κ3) is 64.8. The molecule has 0 saturated heterocycles. The lowest BCUT2D eigenvalue weighted by atomic mass is 10.0. The lowest BCUT2D eigenvalue weighted by Gasteiger charge is -2.18. The molecule has 0 N–H and O–H groups in total. The van der Waals surface area contributed by atoms with Crippen molar-refractivity contribution >= 4 is 17.9 Å². The number of carbonyl (C=O) groups is 3. The van der Waals surface area contributed by atoms with Crippen LogP contribution in [0.15, 0.2) is 109 Å². The summed E-state index contributed by atoms with van der Waals surface area (Å²) >= 11 is 0. The molecule has 0 aliphatic carbocycles. The molecule has 0 heterocycles. The fourth-order valence-electron chi connectivity index (χ4n) is 9.35. The van der Waals surface area contributed by atoms with Crippen LogP contribution in [-0.2, 0) is 28.6 Å². The van der Waals surface area contributed by atoms with Crippen LogP contribution in [0.3, 0.4) is 0 Å². The Kier molecular flexibility index (Phi) is 63.3. The molecule has 0 aliphatic rings. The second-order valence-electron chi connectivity index (χ2n) is 22.0. The summed E-state index contributed by atoms with van der Waals surface area (Å²) in [4.78, 5) is 38.4. The molecule has 1 atom stereocenters. The lowest BCUT2D eigenvalue weighted by molar-refractivity contribution is -0.167. The molecule has 0 aliphatic heterocycles. The summed E-state index contributed by atoms with van der Waals surface area (Å²) < 4.78 is 17.0. The highest BCUT2D eigenvalue weighted by Crippen LogP contribution is 2.17. The van der Waals surface area contributed by atoms with Crippen molar-refractivity contribution in [2.75, 3.05) is 13.2 Å². The number of ether oxygens (including phenoxy) is 3. The SMILES string of the molecule is CC/C=C\C/C=C\C/C=C\C/C=C\C/C=C\CCCCCCCCCCCC(=O)OCC(COC(=O)CCCCCCCCCCCCCCCCCCC)OC(=O)CCCCCCCC/C=C\C/C=C\C/C=C\C/C=C\CC. The summed E-state index contributed by atoms with van der Waals surface area (Å²) in [6.45, 7) is 6.43. The van der Waals surface area contributed by atoms with Crippen molar-refractivity contribution in [3.8, 4) is 0 Å². The molecular weight excluding hydrogens is 973 g/mol. The zero-order valence-electron chi connectivity index (χ0n) is 51.9. The molecule has 0 aromatic heterocycles. The normalized spacial score (nSPS) is 12.8. The Morgan fingerprint density at radius 1 is 0.266 bits per heavy atom. The predicted molar refractivity (Wildman–Crippen MR) is 343 cm³/mol. The van der Waals surface area contributed by atoms with E-state index in [9.17, 15) is 14.4 Å². The van der Waals surface area contributed by atoms with E-state index >= 15 is 0 Å². The number of carbonyl (C=O) groups excluding carboxylic acids is 3. The van der Waals surface area contributed by atoms with Crippen LogP contribution in [0.4, 0.5) is 0 Å². The molecule has 1 unspecified atom stereocenters. The molecule has 0 radical (unpaired) electrons. The summed E-state index contributed by atoms with van der Waals surface area (Å²) in [6, 6.07) is 0. The maximum Gasteiger partial charge on any atom is 0.306 e. The Balaban J connectivity index is 4.39. The average molecular weight is 1100 g/mol. The first-order valence-corrected chi connectivity index (χ1v) is 33.4. The lowest BCUT2D eigenvalue weighted by Crippen LogP contribution is -2.30. The van der Waals surface area contributed by atoms with Gasteiger partial charge >= 0.3 is 17.9 Å². The summed E-state index contributed by atoms with van der Waals surface area (Å²) in [5, 5.41) is 0. The van der Waals surface area contributed by atoms with Gasteiger partial charge in [-0.3, -0.25) is 14.4 Å². The van der Waals surface area contributed by atoms with Crippen molar-refractivity contribution in [2.45, 2.75) is 322 Å². The highest BCUT2D eigenvalue weighted by atomic mass is 16.6.